The van der Waals surface area contributed by atoms with Crippen molar-refractivity contribution >= 4 is 22.9 Å². The number of nitrogens with zero attached hydrogens (tertiary/aromatic N) is 3. The fraction of sp³-hybridized carbons (Fsp3) is 0.417. The van der Waals surface area contributed by atoms with E-state index in [1.165, 1.54) is 31.3 Å². The molecule has 0 bridgehead atoms. The number of rotatable bonds is 7. The maximum Gasteiger partial charge on any atom is 0.417 e. The number of nitrogens with one attached hydrogen (secondary N) is 2. The topological polar surface area (TPSA) is 77.4 Å². The smallest absolute Gasteiger partial charge is 0.407 e. The molecule has 1 fully saturated rings. The van der Waals surface area contributed by atoms with Crippen molar-refractivity contribution in [2.75, 3.05) is 38.2 Å². The van der Waals surface area contributed by atoms with E-state index in [0.717, 1.165) is 4.90 Å². The van der Waals surface area contributed by atoms with Crippen LogP contribution in [-0.4, -0.2) is 64.8 Å². The van der Waals surface area contributed by atoms with E-state index in [-0.39, 0.29) is 29.7 Å². The van der Waals surface area contributed by atoms with E-state index in [1.807, 2.05) is 0 Å². The molecular formula is C24H24F5N5O2. The summed E-state index contributed by atoms with van der Waals surface area (Å²) in [6.07, 6.45) is -1.19. The molecule has 0 saturated carbocycles. The van der Waals surface area contributed by atoms with Gasteiger partial charge < -0.3 is 14.6 Å². The first-order chi connectivity index (χ1) is 17.1. The summed E-state index contributed by atoms with van der Waals surface area (Å²) >= 11 is 0. The minimum Gasteiger partial charge on any atom is -0.407 e. The molecule has 5 rings (SSSR count). The molecule has 2 aromatic heterocycles. The molecule has 12 heteroatoms. The molecule has 3 aromatic rings. The Morgan fingerprint density at radius 3 is 2.75 bits per heavy atom. The molecule has 36 heavy (non-hydrogen) atoms. The summed E-state index contributed by atoms with van der Waals surface area (Å²) in [6, 6.07) is 3.15. The van der Waals surface area contributed by atoms with Crippen molar-refractivity contribution in [1.29, 1.82) is 0 Å². The number of likely N-dealkylation sites (tertiary alicyclic amines) is 1. The van der Waals surface area contributed by atoms with E-state index < -0.39 is 30.3 Å². The normalized spacial score (nSPS) is 18.8. The maximum absolute atomic E-state index is 15.4. The van der Waals surface area contributed by atoms with Crippen LogP contribution in [0.2, 0.25) is 0 Å². The largest absolute Gasteiger partial charge is 0.417 e. The third kappa shape index (κ3) is 4.69. The van der Waals surface area contributed by atoms with Gasteiger partial charge in [-0.05, 0) is 31.1 Å². The second-order valence-corrected chi connectivity index (χ2v) is 9.13. The Labute approximate surface area is 202 Å². The number of halogens is 5. The second kappa shape index (κ2) is 9.23. The molecule has 1 aromatic carbocycles. The lowest BCUT2D eigenvalue weighted by Gasteiger charge is -2.40. The van der Waals surface area contributed by atoms with Crippen LogP contribution in [0.5, 0.6) is 0 Å². The van der Waals surface area contributed by atoms with Gasteiger partial charge in [-0.15, -0.1) is 0 Å². The highest BCUT2D eigenvalue weighted by atomic mass is 19.4. The minimum absolute atomic E-state index is 0.0451. The number of allylic oxidation sites excluding steroid dienone is 1. The Bertz CT molecular complexity index is 1360. The molecule has 2 aliphatic heterocycles. The highest BCUT2D eigenvalue weighted by Crippen LogP contribution is 2.42. The van der Waals surface area contributed by atoms with Gasteiger partial charge in [-0.3, -0.25) is 19.3 Å². The van der Waals surface area contributed by atoms with E-state index in [0.29, 0.717) is 48.4 Å². The van der Waals surface area contributed by atoms with Gasteiger partial charge in [0, 0.05) is 37.0 Å². The average molecular weight is 509 g/mol. The number of benzene rings is 1. The fourth-order valence-corrected chi connectivity index (χ4v) is 4.90. The Balaban J connectivity index is 1.48. The first kappa shape index (κ1) is 24.3. The van der Waals surface area contributed by atoms with Crippen LogP contribution in [0.15, 0.2) is 39.3 Å². The Morgan fingerprint density at radius 1 is 1.28 bits per heavy atom. The number of aromatic amines is 1. The van der Waals surface area contributed by atoms with Crippen molar-refractivity contribution in [3.05, 3.63) is 63.3 Å². The zero-order valence-electron chi connectivity index (χ0n) is 19.3. The predicted octanol–water partition coefficient (Wildman–Crippen LogP) is 4.44. The van der Waals surface area contributed by atoms with Crippen molar-refractivity contribution in [1.82, 2.24) is 19.8 Å². The van der Waals surface area contributed by atoms with Crippen molar-refractivity contribution in [2.45, 2.75) is 31.6 Å². The molecule has 0 unspecified atom stereocenters. The number of alkyl halides is 4. The summed E-state index contributed by atoms with van der Waals surface area (Å²) in [4.78, 5) is 21.6. The van der Waals surface area contributed by atoms with Gasteiger partial charge in [0.25, 0.3) is 0 Å². The number of oxazole rings is 1. The quantitative estimate of drug-likeness (QED) is 0.459. The van der Waals surface area contributed by atoms with Crippen molar-refractivity contribution in [3.63, 3.8) is 0 Å². The van der Waals surface area contributed by atoms with Crippen LogP contribution in [0.4, 0.5) is 27.6 Å². The third-order valence-electron chi connectivity index (χ3n) is 6.49. The lowest BCUT2D eigenvalue weighted by Crippen LogP contribution is -2.54. The number of hydrogen-bond acceptors (Lipinski definition) is 6. The Kier molecular flexibility index (Phi) is 6.23. The molecular weight excluding hydrogens is 485 g/mol. The number of aromatic nitrogens is 2. The van der Waals surface area contributed by atoms with Crippen LogP contribution in [0, 0.1) is 5.82 Å². The van der Waals surface area contributed by atoms with Gasteiger partial charge in [-0.25, -0.2) is 9.18 Å². The van der Waals surface area contributed by atoms with Crippen LogP contribution in [0.1, 0.15) is 36.2 Å². The van der Waals surface area contributed by atoms with Gasteiger partial charge in [0.15, 0.2) is 5.58 Å². The standard InChI is InChI=1S/C24H24F5N5O2/c1-13-7-17-16(3-4-19-22(17)36-23(35)32-19)21(34(13)12-24(27,28)29)20-18(26)8-14(9-30-20)31-15-10-33(11-15)6-2-5-25/h3-4,7-9,15,21,31H,2,5-6,10-12H2,1H3,(H,32,35)/t21-/m0/s1. The summed E-state index contributed by atoms with van der Waals surface area (Å²) in [5.74, 6) is -1.46. The molecule has 4 heterocycles. The van der Waals surface area contributed by atoms with Crippen LogP contribution < -0.4 is 11.1 Å². The number of fused-ring (bicyclic) bond motifs is 3. The number of pyridine rings is 1. The van der Waals surface area contributed by atoms with Gasteiger partial charge in [-0.2, -0.15) is 13.2 Å². The lowest BCUT2D eigenvalue weighted by atomic mass is 9.90. The van der Waals surface area contributed by atoms with Crippen molar-refractivity contribution < 1.29 is 26.4 Å². The van der Waals surface area contributed by atoms with Gasteiger partial charge in [0.1, 0.15) is 24.1 Å². The van der Waals surface area contributed by atoms with E-state index in [2.05, 4.69) is 20.2 Å². The van der Waals surface area contributed by atoms with E-state index in [9.17, 15) is 22.4 Å². The lowest BCUT2D eigenvalue weighted by molar-refractivity contribution is -0.145. The van der Waals surface area contributed by atoms with Crippen LogP contribution in [0.3, 0.4) is 0 Å². The Morgan fingerprint density at radius 2 is 2.06 bits per heavy atom. The van der Waals surface area contributed by atoms with Crippen molar-refractivity contribution in [2.24, 2.45) is 0 Å². The van der Waals surface area contributed by atoms with E-state index in [4.69, 9.17) is 4.42 Å². The van der Waals surface area contributed by atoms with Crippen LogP contribution in [-0.2, 0) is 0 Å². The maximum atomic E-state index is 15.4. The Hall–Kier alpha value is -3.41. The molecule has 2 aliphatic rings. The molecule has 0 aliphatic carbocycles. The highest BCUT2D eigenvalue weighted by molar-refractivity contribution is 5.86. The zero-order valence-corrected chi connectivity index (χ0v) is 19.3. The predicted molar refractivity (Wildman–Crippen MR) is 124 cm³/mol. The summed E-state index contributed by atoms with van der Waals surface area (Å²) < 4.78 is 73.5. The SMILES string of the molecule is CC1=Cc2c(ccc3[nH]c(=O)oc23)[C@@H](c2ncc(NC3CN(CCCF)C3)cc2F)N1CC(F)(F)F. The molecule has 2 N–H and O–H groups in total. The second-order valence-electron chi connectivity index (χ2n) is 9.13. The van der Waals surface area contributed by atoms with E-state index >= 15 is 4.39 Å². The monoisotopic (exact) mass is 509 g/mol. The van der Waals surface area contributed by atoms with Gasteiger partial charge in [-0.1, -0.05) is 6.07 Å². The average Bonchev–Trinajstić information content (AvgIpc) is 3.16. The van der Waals surface area contributed by atoms with Gasteiger partial charge >= 0.3 is 11.9 Å². The number of H-pyrrole nitrogens is 1. The molecule has 1 atom stereocenters. The highest BCUT2D eigenvalue weighted by Gasteiger charge is 2.40. The first-order valence-electron chi connectivity index (χ1n) is 11.5. The third-order valence-corrected chi connectivity index (χ3v) is 6.49. The first-order valence-corrected chi connectivity index (χ1v) is 11.5. The molecule has 0 amide bonds. The zero-order chi connectivity index (χ0) is 25.6. The molecule has 0 radical (unpaired) electrons. The number of hydrogen-bond donors (Lipinski definition) is 2. The summed E-state index contributed by atoms with van der Waals surface area (Å²) in [6.45, 7) is 1.81. The fourth-order valence-electron chi connectivity index (χ4n) is 4.90. The summed E-state index contributed by atoms with van der Waals surface area (Å²) in [7, 11) is 0. The number of anilines is 1. The van der Waals surface area contributed by atoms with Gasteiger partial charge in [0.2, 0.25) is 0 Å². The van der Waals surface area contributed by atoms with Crippen molar-refractivity contribution in [3.8, 4) is 0 Å². The summed E-state index contributed by atoms with van der Waals surface area (Å²) in [5.41, 5.74) is 1.78. The molecule has 7 nitrogen and oxygen atoms in total. The van der Waals surface area contributed by atoms with Gasteiger partial charge in [0.05, 0.1) is 30.1 Å². The minimum atomic E-state index is -4.55. The van der Waals surface area contributed by atoms with Crippen LogP contribution in [0.25, 0.3) is 17.2 Å². The van der Waals surface area contributed by atoms with Crippen LogP contribution >= 0.6 is 0 Å². The summed E-state index contributed by atoms with van der Waals surface area (Å²) in [5, 5.41) is 3.16. The molecule has 1 saturated heterocycles. The van der Waals surface area contributed by atoms with E-state index in [1.54, 1.807) is 6.07 Å². The molecule has 192 valence electrons. The molecule has 0 spiro atoms.